The maximum atomic E-state index is 12.6. The fraction of sp³-hybridized carbons (Fsp3) is 0.292. The lowest BCUT2D eigenvalue weighted by Crippen LogP contribution is -2.16. The number of thioether (sulfide) groups is 1. The van der Waals surface area contributed by atoms with Gasteiger partial charge < -0.3 is 19.5 Å². The number of hydrogen-bond acceptors (Lipinski definition) is 7. The Kier molecular flexibility index (Phi) is 8.37. The summed E-state index contributed by atoms with van der Waals surface area (Å²) in [6.07, 6.45) is 1.40. The summed E-state index contributed by atoms with van der Waals surface area (Å²) in [4.78, 5) is 12.6. The molecule has 9 heteroatoms. The van der Waals surface area contributed by atoms with Crippen LogP contribution >= 0.6 is 11.8 Å². The Hall–Kier alpha value is -3.46. The number of benzene rings is 2. The third kappa shape index (κ3) is 6.29. The summed E-state index contributed by atoms with van der Waals surface area (Å²) in [5.41, 5.74) is 1.66. The summed E-state index contributed by atoms with van der Waals surface area (Å²) in [7, 11) is 3.19. The molecule has 8 nitrogen and oxygen atoms in total. The number of amides is 1. The van der Waals surface area contributed by atoms with Crippen LogP contribution in [-0.2, 0) is 11.3 Å². The molecule has 0 aliphatic heterocycles. The van der Waals surface area contributed by atoms with Gasteiger partial charge in [0.15, 0.2) is 17.1 Å². The van der Waals surface area contributed by atoms with Gasteiger partial charge in [0.05, 0.1) is 25.7 Å². The Morgan fingerprint density at radius 3 is 2.55 bits per heavy atom. The first-order valence-electron chi connectivity index (χ1n) is 10.4. The van der Waals surface area contributed by atoms with Gasteiger partial charge >= 0.3 is 0 Å². The lowest BCUT2D eigenvalue weighted by Gasteiger charge is -2.16. The van der Waals surface area contributed by atoms with Crippen molar-refractivity contribution in [1.82, 2.24) is 14.8 Å². The number of hydrogen-bond donors (Lipinski definition) is 1. The molecule has 1 unspecified atom stereocenters. The predicted molar refractivity (Wildman–Crippen MR) is 129 cm³/mol. The summed E-state index contributed by atoms with van der Waals surface area (Å²) in [6.45, 7) is 8.18. The first kappa shape index (κ1) is 24.2. The molecule has 1 aromatic heterocycles. The minimum Gasteiger partial charge on any atom is -0.497 e. The van der Waals surface area contributed by atoms with Crippen LogP contribution in [0.2, 0.25) is 0 Å². The molecule has 0 fully saturated rings. The lowest BCUT2D eigenvalue weighted by molar-refractivity contribution is -0.113. The van der Waals surface area contributed by atoms with Crippen molar-refractivity contribution in [2.24, 2.45) is 0 Å². The highest BCUT2D eigenvalue weighted by molar-refractivity contribution is 7.99. The van der Waals surface area contributed by atoms with Gasteiger partial charge in [-0.15, -0.1) is 16.8 Å². The molecule has 1 amide bonds. The van der Waals surface area contributed by atoms with E-state index < -0.39 is 0 Å². The summed E-state index contributed by atoms with van der Waals surface area (Å²) < 4.78 is 18.4. The number of allylic oxidation sites excluding steroid dienone is 1. The largest absolute Gasteiger partial charge is 0.497 e. The number of methoxy groups -OCH3 is 2. The zero-order valence-corrected chi connectivity index (χ0v) is 20.0. The minimum absolute atomic E-state index is 0.166. The average molecular weight is 469 g/mol. The predicted octanol–water partition coefficient (Wildman–Crippen LogP) is 4.66. The van der Waals surface area contributed by atoms with Gasteiger partial charge in [-0.25, -0.2) is 0 Å². The molecule has 1 atom stereocenters. The smallest absolute Gasteiger partial charge is 0.234 e. The van der Waals surface area contributed by atoms with Crippen LogP contribution in [0.1, 0.15) is 24.4 Å². The molecule has 3 aromatic rings. The van der Waals surface area contributed by atoms with Crippen LogP contribution in [0.15, 0.2) is 60.3 Å². The second kappa shape index (κ2) is 11.4. The van der Waals surface area contributed by atoms with E-state index >= 15 is 0 Å². The number of nitrogens with zero attached hydrogens (tertiary/aromatic N) is 3. The van der Waals surface area contributed by atoms with E-state index in [1.54, 1.807) is 20.3 Å². The normalized spacial score (nSPS) is 11.5. The first-order chi connectivity index (χ1) is 15.9. The van der Waals surface area contributed by atoms with E-state index in [1.807, 2.05) is 60.9 Å². The van der Waals surface area contributed by atoms with E-state index in [1.165, 1.54) is 11.8 Å². The number of anilines is 1. The van der Waals surface area contributed by atoms with Crippen molar-refractivity contribution in [2.45, 2.75) is 31.7 Å². The maximum absolute atomic E-state index is 12.6. The molecule has 33 heavy (non-hydrogen) atoms. The summed E-state index contributed by atoms with van der Waals surface area (Å²) in [5.74, 6) is 2.71. The molecule has 0 aliphatic rings. The van der Waals surface area contributed by atoms with E-state index in [2.05, 4.69) is 22.1 Å². The fourth-order valence-electron chi connectivity index (χ4n) is 3.16. The van der Waals surface area contributed by atoms with Crippen LogP contribution < -0.4 is 19.5 Å². The Bertz CT molecular complexity index is 1100. The highest BCUT2D eigenvalue weighted by atomic mass is 32.2. The van der Waals surface area contributed by atoms with Crippen molar-refractivity contribution in [3.8, 4) is 17.2 Å². The molecule has 0 aliphatic carbocycles. The van der Waals surface area contributed by atoms with Gasteiger partial charge in [-0.05, 0) is 55.8 Å². The van der Waals surface area contributed by atoms with E-state index in [4.69, 9.17) is 14.2 Å². The Morgan fingerprint density at radius 2 is 1.88 bits per heavy atom. The minimum atomic E-state index is -0.356. The lowest BCUT2D eigenvalue weighted by atomic mass is 10.2. The monoisotopic (exact) mass is 468 g/mol. The van der Waals surface area contributed by atoms with Gasteiger partial charge in [0.1, 0.15) is 17.2 Å². The standard InChI is InChI=1S/C24H28N4O4S/c1-6-13-28-23(17(3)32-19-10-8-18(30-4)9-11-19)26-27-24(28)33-15-22(29)25-20-14-16(2)7-12-21(20)31-5/h6-12,14,17H,1,13,15H2,2-5H3,(H,25,29). The number of aryl methyl sites for hydroxylation is 1. The fourth-order valence-corrected chi connectivity index (χ4v) is 3.91. The first-order valence-corrected chi connectivity index (χ1v) is 11.4. The van der Waals surface area contributed by atoms with Crippen molar-refractivity contribution >= 4 is 23.4 Å². The summed E-state index contributed by atoms with van der Waals surface area (Å²) in [5, 5.41) is 12.1. The molecule has 3 rings (SSSR count). The molecule has 0 spiro atoms. The Balaban J connectivity index is 1.67. The van der Waals surface area contributed by atoms with Gasteiger partial charge in [-0.2, -0.15) is 0 Å². The van der Waals surface area contributed by atoms with Crippen molar-refractivity contribution in [3.63, 3.8) is 0 Å². The quantitative estimate of drug-likeness (QED) is 0.323. The van der Waals surface area contributed by atoms with Gasteiger partial charge in [0, 0.05) is 6.54 Å². The maximum Gasteiger partial charge on any atom is 0.234 e. The zero-order chi connectivity index (χ0) is 23.8. The van der Waals surface area contributed by atoms with Crippen molar-refractivity contribution < 1.29 is 19.0 Å². The van der Waals surface area contributed by atoms with Crippen molar-refractivity contribution in [1.29, 1.82) is 0 Å². The molecule has 0 bridgehead atoms. The zero-order valence-electron chi connectivity index (χ0n) is 19.2. The summed E-state index contributed by atoms with van der Waals surface area (Å²) >= 11 is 1.30. The number of carbonyl (C=O) groups is 1. The topological polar surface area (TPSA) is 87.5 Å². The SMILES string of the molecule is C=CCn1c(SCC(=O)Nc2cc(C)ccc2OC)nnc1C(C)Oc1ccc(OC)cc1. The molecule has 2 aromatic carbocycles. The van der Waals surface area contributed by atoms with E-state index in [9.17, 15) is 4.79 Å². The molecule has 1 heterocycles. The highest BCUT2D eigenvalue weighted by Gasteiger charge is 2.20. The molecule has 0 radical (unpaired) electrons. The van der Waals surface area contributed by atoms with Crippen molar-refractivity contribution in [2.75, 3.05) is 25.3 Å². The van der Waals surface area contributed by atoms with E-state index in [0.29, 0.717) is 34.7 Å². The molecule has 0 saturated heterocycles. The van der Waals surface area contributed by atoms with Gasteiger partial charge in [-0.1, -0.05) is 23.9 Å². The van der Waals surface area contributed by atoms with Crippen LogP contribution in [0.5, 0.6) is 17.2 Å². The van der Waals surface area contributed by atoms with Crippen LogP contribution in [0.25, 0.3) is 0 Å². The van der Waals surface area contributed by atoms with Crippen molar-refractivity contribution in [3.05, 3.63) is 66.5 Å². The number of nitrogens with one attached hydrogen (secondary N) is 1. The van der Waals surface area contributed by atoms with Gasteiger partial charge in [0.2, 0.25) is 5.91 Å². The summed E-state index contributed by atoms with van der Waals surface area (Å²) in [6, 6.07) is 13.0. The molecule has 0 saturated carbocycles. The molecular formula is C24H28N4O4S. The average Bonchev–Trinajstić information content (AvgIpc) is 3.21. The van der Waals surface area contributed by atoms with E-state index in [0.717, 1.165) is 11.3 Å². The molecule has 174 valence electrons. The number of aromatic nitrogens is 3. The van der Waals surface area contributed by atoms with Gasteiger partial charge in [-0.3, -0.25) is 9.36 Å². The molecular weight excluding hydrogens is 440 g/mol. The van der Waals surface area contributed by atoms with Crippen LogP contribution in [0, 0.1) is 6.92 Å². The third-order valence-corrected chi connectivity index (χ3v) is 5.72. The second-order valence-electron chi connectivity index (χ2n) is 7.22. The number of rotatable bonds is 11. The second-order valence-corrected chi connectivity index (χ2v) is 8.16. The highest BCUT2D eigenvalue weighted by Crippen LogP contribution is 2.28. The number of ether oxygens (including phenoxy) is 3. The van der Waals surface area contributed by atoms with E-state index in [-0.39, 0.29) is 17.8 Å². The van der Waals surface area contributed by atoms with Crippen LogP contribution in [-0.4, -0.2) is 40.6 Å². The third-order valence-electron chi connectivity index (χ3n) is 4.75. The van der Waals surface area contributed by atoms with Crippen LogP contribution in [0.3, 0.4) is 0 Å². The Labute approximate surface area is 198 Å². The molecule has 1 N–H and O–H groups in total. The number of carbonyl (C=O) groups excluding carboxylic acids is 1. The van der Waals surface area contributed by atoms with Gasteiger partial charge in [0.25, 0.3) is 0 Å². The Morgan fingerprint density at radius 1 is 1.15 bits per heavy atom. The van der Waals surface area contributed by atoms with Crippen LogP contribution in [0.4, 0.5) is 5.69 Å².